The van der Waals surface area contributed by atoms with Crippen LogP contribution in [0.2, 0.25) is 0 Å². The number of nitrogens with zero attached hydrogens (tertiary/aromatic N) is 1. The maximum absolute atomic E-state index is 14.4. The topological polar surface area (TPSA) is 53.2 Å². The predicted molar refractivity (Wildman–Crippen MR) is 87.6 cm³/mol. The van der Waals surface area contributed by atoms with Gasteiger partial charge in [0.25, 0.3) is 10.0 Å². The number of benzene rings is 1. The maximum atomic E-state index is 14.4. The van der Waals surface area contributed by atoms with E-state index in [0.717, 1.165) is 42.2 Å². The summed E-state index contributed by atoms with van der Waals surface area (Å²) in [5.74, 6) is 0.0553. The van der Waals surface area contributed by atoms with Crippen molar-refractivity contribution in [3.63, 3.8) is 0 Å². The molecule has 0 atom stereocenters. The van der Waals surface area contributed by atoms with Gasteiger partial charge in [-0.05, 0) is 61.8 Å². The number of halogens is 1. The highest BCUT2D eigenvalue weighted by Gasteiger charge is 2.31. The van der Waals surface area contributed by atoms with Crippen molar-refractivity contribution in [3.8, 4) is 0 Å². The summed E-state index contributed by atoms with van der Waals surface area (Å²) < 4.78 is 41.3. The standard InChI is InChI=1S/C17H21FN2O2S/c1-11-9-14(18)17-13(16(11)12-5-4-6-12)10-15(19-17)23(21,22)20-7-2-3-8-20/h9-10,12,19H,2-8H2,1H3. The van der Waals surface area contributed by atoms with Crippen LogP contribution in [-0.2, 0) is 10.0 Å². The van der Waals surface area contributed by atoms with Crippen LogP contribution in [0, 0.1) is 12.7 Å². The van der Waals surface area contributed by atoms with E-state index in [1.54, 1.807) is 6.07 Å². The number of aryl methyl sites for hydroxylation is 1. The molecule has 124 valence electrons. The van der Waals surface area contributed by atoms with Crippen molar-refractivity contribution in [2.45, 2.75) is 50.0 Å². The van der Waals surface area contributed by atoms with E-state index >= 15 is 0 Å². The van der Waals surface area contributed by atoms with Crippen molar-refractivity contribution in [2.75, 3.05) is 13.1 Å². The van der Waals surface area contributed by atoms with E-state index in [1.165, 1.54) is 16.8 Å². The Balaban J connectivity index is 1.88. The van der Waals surface area contributed by atoms with Gasteiger partial charge in [0.05, 0.1) is 5.52 Å². The molecule has 23 heavy (non-hydrogen) atoms. The minimum absolute atomic E-state index is 0.125. The van der Waals surface area contributed by atoms with Gasteiger partial charge in [-0.15, -0.1) is 0 Å². The first kappa shape index (κ1) is 15.1. The zero-order valence-electron chi connectivity index (χ0n) is 13.2. The average Bonchev–Trinajstić information content (AvgIpc) is 3.10. The number of aromatic amines is 1. The number of H-pyrrole nitrogens is 1. The fourth-order valence-electron chi connectivity index (χ4n) is 3.83. The summed E-state index contributed by atoms with van der Waals surface area (Å²) in [5.41, 5.74) is 2.37. The summed E-state index contributed by atoms with van der Waals surface area (Å²) in [6.45, 7) is 3.02. The van der Waals surface area contributed by atoms with E-state index < -0.39 is 10.0 Å². The van der Waals surface area contributed by atoms with Crippen molar-refractivity contribution in [3.05, 3.63) is 29.1 Å². The van der Waals surface area contributed by atoms with Crippen LogP contribution < -0.4 is 0 Å². The lowest BCUT2D eigenvalue weighted by atomic mass is 9.77. The molecule has 2 aromatic rings. The number of hydrogen-bond acceptors (Lipinski definition) is 2. The zero-order chi connectivity index (χ0) is 16.2. The second-order valence-electron chi connectivity index (χ2n) is 6.75. The van der Waals surface area contributed by atoms with Crippen LogP contribution in [0.1, 0.15) is 49.1 Å². The maximum Gasteiger partial charge on any atom is 0.258 e. The second-order valence-corrected chi connectivity index (χ2v) is 8.66. The summed E-state index contributed by atoms with van der Waals surface area (Å²) in [4.78, 5) is 2.85. The molecule has 2 heterocycles. The lowest BCUT2D eigenvalue weighted by molar-refractivity contribution is 0.420. The van der Waals surface area contributed by atoms with Gasteiger partial charge in [-0.25, -0.2) is 12.8 Å². The van der Waals surface area contributed by atoms with Gasteiger partial charge in [-0.2, -0.15) is 4.31 Å². The Hall–Kier alpha value is -1.40. The van der Waals surface area contributed by atoms with Crippen molar-refractivity contribution >= 4 is 20.9 Å². The first-order valence-electron chi connectivity index (χ1n) is 8.30. The Morgan fingerprint density at radius 1 is 1.17 bits per heavy atom. The van der Waals surface area contributed by atoms with Gasteiger partial charge in [0.1, 0.15) is 10.8 Å². The normalized spacial score (nSPS) is 20.3. The third kappa shape index (κ3) is 2.31. The number of sulfonamides is 1. The summed E-state index contributed by atoms with van der Waals surface area (Å²) in [6, 6.07) is 3.17. The van der Waals surface area contributed by atoms with E-state index in [4.69, 9.17) is 0 Å². The van der Waals surface area contributed by atoms with Crippen LogP contribution in [-0.4, -0.2) is 30.8 Å². The van der Waals surface area contributed by atoms with Crippen LogP contribution in [0.4, 0.5) is 4.39 Å². The lowest BCUT2D eigenvalue weighted by Crippen LogP contribution is -2.28. The Morgan fingerprint density at radius 3 is 2.48 bits per heavy atom. The fraction of sp³-hybridized carbons (Fsp3) is 0.529. The van der Waals surface area contributed by atoms with E-state index in [0.29, 0.717) is 24.5 Å². The molecule has 0 unspecified atom stereocenters. The first-order chi connectivity index (χ1) is 11.0. The Kier molecular flexibility index (Phi) is 3.50. The SMILES string of the molecule is Cc1cc(F)c2[nH]c(S(=O)(=O)N3CCCC3)cc2c1C1CCC1. The van der Waals surface area contributed by atoms with Gasteiger partial charge < -0.3 is 4.98 Å². The molecule has 2 aliphatic rings. The molecule has 0 bridgehead atoms. The number of rotatable bonds is 3. The largest absolute Gasteiger partial charge is 0.342 e. The number of aromatic nitrogens is 1. The van der Waals surface area contributed by atoms with Crippen LogP contribution in [0.15, 0.2) is 17.2 Å². The summed E-state index contributed by atoms with van der Waals surface area (Å²) >= 11 is 0. The number of hydrogen-bond donors (Lipinski definition) is 1. The summed E-state index contributed by atoms with van der Waals surface area (Å²) in [5, 5.41) is 0.865. The van der Waals surface area contributed by atoms with Gasteiger partial charge in [0.15, 0.2) is 0 Å². The minimum Gasteiger partial charge on any atom is -0.342 e. The van der Waals surface area contributed by atoms with Crippen molar-refractivity contribution in [1.29, 1.82) is 0 Å². The monoisotopic (exact) mass is 336 g/mol. The highest BCUT2D eigenvalue weighted by molar-refractivity contribution is 7.89. The van der Waals surface area contributed by atoms with Crippen molar-refractivity contribution in [1.82, 2.24) is 9.29 Å². The third-order valence-electron chi connectivity index (χ3n) is 5.29. The van der Waals surface area contributed by atoms with Gasteiger partial charge in [-0.3, -0.25) is 0 Å². The third-order valence-corrected chi connectivity index (χ3v) is 7.11. The Morgan fingerprint density at radius 2 is 1.87 bits per heavy atom. The molecule has 4 rings (SSSR count). The molecule has 1 aromatic carbocycles. The number of nitrogens with one attached hydrogen (secondary N) is 1. The second kappa shape index (κ2) is 5.31. The summed E-state index contributed by atoms with van der Waals surface area (Å²) in [7, 11) is -3.55. The van der Waals surface area contributed by atoms with E-state index in [2.05, 4.69) is 4.98 Å². The molecular weight excluding hydrogens is 315 g/mol. The van der Waals surface area contributed by atoms with E-state index in [1.807, 2.05) is 6.92 Å². The Labute approximate surface area is 135 Å². The van der Waals surface area contributed by atoms with E-state index in [9.17, 15) is 12.8 Å². The van der Waals surface area contributed by atoms with Gasteiger partial charge in [0, 0.05) is 18.5 Å². The average molecular weight is 336 g/mol. The molecule has 1 saturated heterocycles. The van der Waals surface area contributed by atoms with Crippen LogP contribution >= 0.6 is 0 Å². The van der Waals surface area contributed by atoms with E-state index in [-0.39, 0.29) is 10.8 Å². The number of fused-ring (bicyclic) bond motifs is 1. The fourth-order valence-corrected chi connectivity index (χ4v) is 5.34. The molecule has 6 heteroatoms. The minimum atomic E-state index is -3.55. The van der Waals surface area contributed by atoms with Crippen molar-refractivity contribution in [2.24, 2.45) is 0 Å². The highest BCUT2D eigenvalue weighted by atomic mass is 32.2. The molecule has 2 fully saturated rings. The highest BCUT2D eigenvalue weighted by Crippen LogP contribution is 2.42. The Bertz CT molecular complexity index is 862. The van der Waals surface area contributed by atoms with Gasteiger partial charge in [-0.1, -0.05) is 6.42 Å². The molecule has 0 radical (unpaired) electrons. The smallest absolute Gasteiger partial charge is 0.258 e. The predicted octanol–water partition coefficient (Wildman–Crippen LogP) is 3.67. The molecule has 1 saturated carbocycles. The lowest BCUT2D eigenvalue weighted by Gasteiger charge is -2.28. The molecule has 0 spiro atoms. The molecule has 0 amide bonds. The molecule has 1 aliphatic heterocycles. The van der Waals surface area contributed by atoms with Crippen LogP contribution in [0.25, 0.3) is 10.9 Å². The molecule has 1 aromatic heterocycles. The molecule has 1 N–H and O–H groups in total. The first-order valence-corrected chi connectivity index (χ1v) is 9.74. The van der Waals surface area contributed by atoms with Crippen LogP contribution in [0.3, 0.4) is 0 Å². The molecular formula is C17H21FN2O2S. The van der Waals surface area contributed by atoms with Gasteiger partial charge in [0.2, 0.25) is 0 Å². The van der Waals surface area contributed by atoms with Crippen LogP contribution in [0.5, 0.6) is 0 Å². The zero-order valence-corrected chi connectivity index (χ0v) is 14.0. The van der Waals surface area contributed by atoms with Crippen molar-refractivity contribution < 1.29 is 12.8 Å². The van der Waals surface area contributed by atoms with Gasteiger partial charge >= 0.3 is 0 Å². The molecule has 4 nitrogen and oxygen atoms in total. The quantitative estimate of drug-likeness (QED) is 0.930. The summed E-state index contributed by atoms with van der Waals surface area (Å²) in [6.07, 6.45) is 5.16. The molecule has 1 aliphatic carbocycles.